The summed E-state index contributed by atoms with van der Waals surface area (Å²) in [6.07, 6.45) is 64.1. The van der Waals surface area contributed by atoms with E-state index in [-0.39, 0.29) is 38.0 Å². The van der Waals surface area contributed by atoms with E-state index in [1.165, 1.54) is 64.2 Å². The van der Waals surface area contributed by atoms with E-state index in [9.17, 15) is 14.4 Å². The third-order valence-corrected chi connectivity index (χ3v) is 10.1. The molecule has 0 saturated heterocycles. The van der Waals surface area contributed by atoms with Crippen LogP contribution in [0.4, 0.5) is 0 Å². The van der Waals surface area contributed by atoms with Gasteiger partial charge in [-0.05, 0) is 103 Å². The highest BCUT2D eigenvalue weighted by Crippen LogP contribution is 2.12. The molecule has 1 atom stereocenters. The molecule has 0 aliphatic rings. The van der Waals surface area contributed by atoms with Crippen molar-refractivity contribution in [3.8, 4) is 0 Å². The number of hydrogen-bond acceptors (Lipinski definition) is 6. The van der Waals surface area contributed by atoms with Gasteiger partial charge >= 0.3 is 17.9 Å². The smallest absolute Gasteiger partial charge is 0.309 e. The lowest BCUT2D eigenvalue weighted by Crippen LogP contribution is -2.30. The topological polar surface area (TPSA) is 78.9 Å². The second-order valence-corrected chi connectivity index (χ2v) is 16.0. The molecule has 0 spiro atoms. The molecule has 0 rings (SSSR count). The molecule has 0 aliphatic carbocycles. The molecule has 0 bridgehead atoms. The van der Waals surface area contributed by atoms with Gasteiger partial charge in [-0.1, -0.05) is 189 Å². The zero-order valence-corrected chi connectivity index (χ0v) is 39.4. The fraction of sp³-hybridized carbons (Fsp3) is 0.655. The molecule has 0 N–H and O–H groups in total. The normalized spacial score (nSPS) is 12.9. The van der Waals surface area contributed by atoms with Crippen LogP contribution in [-0.2, 0) is 28.6 Å². The predicted octanol–water partition coefficient (Wildman–Crippen LogP) is 16.2. The van der Waals surface area contributed by atoms with Crippen LogP contribution in [-0.4, -0.2) is 37.2 Å². The molecule has 0 amide bonds. The standard InChI is InChI=1S/C55H90O6/c1-4-7-10-13-16-19-22-25-27-30-33-36-39-42-45-48-54(57)60-51-52(50-59-53(56)47-44-41-38-35-32-29-24-21-18-15-12-9-6-3)61-55(58)49-46-43-40-37-34-31-28-26-23-20-17-14-11-8-5-2/h7,10,16-17,19-21,24-28,33,36,42,45,52H,4-6,8-9,11-15,18,22-23,29-32,34-35,37-41,43-44,46-51H2,1-3H3/b10-7-,19-16-,20-17-,24-21-,27-25-,28-26-,36-33-,45-42-. The van der Waals surface area contributed by atoms with Gasteiger partial charge in [0.25, 0.3) is 0 Å². The van der Waals surface area contributed by atoms with E-state index in [1.54, 1.807) is 6.08 Å². The summed E-state index contributed by atoms with van der Waals surface area (Å²) >= 11 is 0. The van der Waals surface area contributed by atoms with Crippen LogP contribution in [0.1, 0.15) is 213 Å². The van der Waals surface area contributed by atoms with Crippen LogP contribution >= 0.6 is 0 Å². The number of allylic oxidation sites excluding steroid dienone is 15. The highest BCUT2D eigenvalue weighted by atomic mass is 16.6. The summed E-state index contributed by atoms with van der Waals surface area (Å²) in [4.78, 5) is 37.8. The summed E-state index contributed by atoms with van der Waals surface area (Å²) in [5.74, 6) is -1.08. The van der Waals surface area contributed by atoms with E-state index in [1.807, 2.05) is 6.08 Å². The number of carbonyl (C=O) groups is 3. The van der Waals surface area contributed by atoms with Crippen molar-refractivity contribution in [2.24, 2.45) is 0 Å². The fourth-order valence-corrected chi connectivity index (χ4v) is 6.36. The molecular weight excluding hydrogens is 757 g/mol. The average molecular weight is 847 g/mol. The zero-order valence-electron chi connectivity index (χ0n) is 39.4. The van der Waals surface area contributed by atoms with Crippen molar-refractivity contribution < 1.29 is 28.6 Å². The largest absolute Gasteiger partial charge is 0.462 e. The lowest BCUT2D eigenvalue weighted by atomic mass is 10.1. The zero-order chi connectivity index (χ0) is 44.4. The molecule has 61 heavy (non-hydrogen) atoms. The molecular formula is C55H90O6. The summed E-state index contributed by atoms with van der Waals surface area (Å²) in [6.45, 7) is 6.36. The lowest BCUT2D eigenvalue weighted by Gasteiger charge is -2.18. The molecule has 0 fully saturated rings. The Morgan fingerprint density at radius 1 is 0.361 bits per heavy atom. The average Bonchev–Trinajstić information content (AvgIpc) is 3.26. The molecule has 6 nitrogen and oxygen atoms in total. The second kappa shape index (κ2) is 49.0. The molecule has 0 aromatic rings. The molecule has 346 valence electrons. The molecule has 6 heteroatoms. The Balaban J connectivity index is 4.56. The fourth-order valence-electron chi connectivity index (χ4n) is 6.36. The first kappa shape index (κ1) is 57.3. The Bertz CT molecular complexity index is 1250. The maximum atomic E-state index is 12.8. The quantitative estimate of drug-likeness (QED) is 0.0263. The minimum absolute atomic E-state index is 0.119. The molecule has 0 aromatic heterocycles. The van der Waals surface area contributed by atoms with Crippen LogP contribution in [0.5, 0.6) is 0 Å². The maximum absolute atomic E-state index is 12.8. The van der Waals surface area contributed by atoms with Gasteiger partial charge in [0.05, 0.1) is 6.42 Å². The van der Waals surface area contributed by atoms with Gasteiger partial charge in [-0.15, -0.1) is 0 Å². The van der Waals surface area contributed by atoms with Crippen molar-refractivity contribution in [2.75, 3.05) is 13.2 Å². The van der Waals surface area contributed by atoms with Crippen molar-refractivity contribution in [2.45, 2.75) is 219 Å². The number of ether oxygens (including phenoxy) is 3. The maximum Gasteiger partial charge on any atom is 0.309 e. The lowest BCUT2D eigenvalue weighted by molar-refractivity contribution is -0.166. The van der Waals surface area contributed by atoms with Gasteiger partial charge < -0.3 is 14.2 Å². The van der Waals surface area contributed by atoms with Crippen LogP contribution in [0.15, 0.2) is 97.2 Å². The van der Waals surface area contributed by atoms with Crippen molar-refractivity contribution in [1.82, 2.24) is 0 Å². The number of carbonyl (C=O) groups excluding carboxylic acids is 3. The molecule has 0 aliphatic heterocycles. The number of hydrogen-bond donors (Lipinski definition) is 0. The van der Waals surface area contributed by atoms with Crippen molar-refractivity contribution in [1.29, 1.82) is 0 Å². The first-order chi connectivity index (χ1) is 30.0. The predicted molar refractivity (Wildman–Crippen MR) is 260 cm³/mol. The molecule has 0 saturated carbocycles. The second-order valence-electron chi connectivity index (χ2n) is 16.0. The van der Waals surface area contributed by atoms with Gasteiger partial charge in [-0.25, -0.2) is 0 Å². The van der Waals surface area contributed by atoms with Crippen LogP contribution < -0.4 is 0 Å². The van der Waals surface area contributed by atoms with Crippen LogP contribution in [0.2, 0.25) is 0 Å². The Labute approximate surface area is 375 Å². The van der Waals surface area contributed by atoms with E-state index in [0.717, 1.165) is 109 Å². The first-order valence-electron chi connectivity index (χ1n) is 24.7. The summed E-state index contributed by atoms with van der Waals surface area (Å²) in [5.41, 5.74) is 0. The Morgan fingerprint density at radius 2 is 0.705 bits per heavy atom. The third-order valence-electron chi connectivity index (χ3n) is 10.1. The van der Waals surface area contributed by atoms with E-state index in [2.05, 4.69) is 106 Å². The van der Waals surface area contributed by atoms with Gasteiger partial charge in [0.1, 0.15) is 13.2 Å². The Hall–Kier alpha value is -3.67. The van der Waals surface area contributed by atoms with Crippen molar-refractivity contribution in [3.63, 3.8) is 0 Å². The van der Waals surface area contributed by atoms with Gasteiger partial charge in [0.15, 0.2) is 6.10 Å². The first-order valence-corrected chi connectivity index (χ1v) is 24.7. The van der Waals surface area contributed by atoms with Crippen molar-refractivity contribution in [3.05, 3.63) is 97.2 Å². The van der Waals surface area contributed by atoms with Gasteiger partial charge in [0.2, 0.25) is 0 Å². The SMILES string of the molecule is CC/C=C\C/C=C\C/C=C\C/C=C\C/C=C\CC(=O)OCC(COC(=O)CCCCCCC/C=C\CCCCCC)OC(=O)CCCCCCC/C=C\C/C=C\CCCCC. The number of esters is 3. The molecule has 0 heterocycles. The number of rotatable bonds is 43. The summed E-state index contributed by atoms with van der Waals surface area (Å²) in [5, 5.41) is 0. The Morgan fingerprint density at radius 3 is 1.20 bits per heavy atom. The van der Waals surface area contributed by atoms with Gasteiger partial charge in [-0.3, -0.25) is 14.4 Å². The van der Waals surface area contributed by atoms with E-state index >= 15 is 0 Å². The molecule has 1 unspecified atom stereocenters. The van der Waals surface area contributed by atoms with Crippen molar-refractivity contribution >= 4 is 17.9 Å². The monoisotopic (exact) mass is 847 g/mol. The summed E-state index contributed by atoms with van der Waals surface area (Å²) in [7, 11) is 0. The van der Waals surface area contributed by atoms with Crippen LogP contribution in [0, 0.1) is 0 Å². The highest BCUT2D eigenvalue weighted by molar-refractivity contribution is 5.72. The van der Waals surface area contributed by atoms with Crippen LogP contribution in [0.3, 0.4) is 0 Å². The third kappa shape index (κ3) is 47.2. The minimum Gasteiger partial charge on any atom is -0.462 e. The molecule has 0 aromatic carbocycles. The highest BCUT2D eigenvalue weighted by Gasteiger charge is 2.19. The Kier molecular flexibility index (Phi) is 46.0. The van der Waals surface area contributed by atoms with E-state index in [4.69, 9.17) is 14.2 Å². The van der Waals surface area contributed by atoms with Gasteiger partial charge in [0, 0.05) is 12.8 Å². The summed E-state index contributed by atoms with van der Waals surface area (Å²) in [6, 6.07) is 0. The van der Waals surface area contributed by atoms with Gasteiger partial charge in [-0.2, -0.15) is 0 Å². The summed E-state index contributed by atoms with van der Waals surface area (Å²) < 4.78 is 16.6. The van der Waals surface area contributed by atoms with E-state index < -0.39 is 12.1 Å². The minimum atomic E-state index is -0.827. The van der Waals surface area contributed by atoms with Crippen LogP contribution in [0.25, 0.3) is 0 Å². The number of unbranched alkanes of at least 4 members (excludes halogenated alkanes) is 17. The van der Waals surface area contributed by atoms with E-state index in [0.29, 0.717) is 6.42 Å². The molecule has 0 radical (unpaired) electrons.